The monoisotopic (exact) mass is 264 g/mol. The average molecular weight is 264 g/mol. The Bertz CT molecular complexity index is 355. The second kappa shape index (κ2) is 4.71. The van der Waals surface area contributed by atoms with E-state index in [9.17, 15) is 17.9 Å². The molecule has 0 heterocycles. The van der Waals surface area contributed by atoms with Gasteiger partial charge in [-0.15, -0.1) is 12.3 Å². The van der Waals surface area contributed by atoms with E-state index in [-0.39, 0.29) is 6.42 Å². The molecule has 6 nitrogen and oxygen atoms in total. The van der Waals surface area contributed by atoms with E-state index in [0.29, 0.717) is 0 Å². The summed E-state index contributed by atoms with van der Waals surface area (Å²) < 4.78 is 50.2. The minimum absolute atomic E-state index is 0.234. The summed E-state index contributed by atoms with van der Waals surface area (Å²) in [4.78, 5) is 24.9. The Balaban J connectivity index is 4.81. The van der Waals surface area contributed by atoms with Gasteiger partial charge in [0, 0.05) is 6.42 Å². The van der Waals surface area contributed by atoms with Gasteiger partial charge in [0.15, 0.2) is 0 Å². The lowest BCUT2D eigenvalue weighted by molar-refractivity contribution is 0.0930. The van der Waals surface area contributed by atoms with Crippen LogP contribution in [0, 0.1) is 12.3 Å². The number of hydrogen-bond donors (Lipinski definition) is 3. The smallest absolute Gasteiger partial charge is 0.320 e. The molecule has 15 heavy (non-hydrogen) atoms. The molecule has 3 N–H and O–H groups in total. The van der Waals surface area contributed by atoms with Crippen molar-refractivity contribution in [2.45, 2.75) is 11.8 Å². The fourth-order valence-electron chi connectivity index (χ4n) is 0.471. The van der Waals surface area contributed by atoms with E-state index in [1.165, 1.54) is 0 Å². The summed E-state index contributed by atoms with van der Waals surface area (Å²) in [5.41, 5.74) is 0. The summed E-state index contributed by atoms with van der Waals surface area (Å²) in [7, 11) is -11.8. The van der Waals surface area contributed by atoms with Crippen LogP contribution in [0.3, 0.4) is 0 Å². The van der Waals surface area contributed by atoms with Crippen LogP contribution in [0.15, 0.2) is 0 Å². The zero-order valence-electron chi connectivity index (χ0n) is 7.21. The molecule has 10 heteroatoms. The van der Waals surface area contributed by atoms with E-state index in [0.717, 1.165) is 0 Å². The number of halogens is 2. The Morgan fingerprint density at radius 3 is 2.13 bits per heavy atom. The van der Waals surface area contributed by atoms with Crippen molar-refractivity contribution in [2.75, 3.05) is 6.61 Å². The second-order valence-electron chi connectivity index (χ2n) is 2.36. The van der Waals surface area contributed by atoms with E-state index < -0.39 is 27.2 Å². The zero-order chi connectivity index (χ0) is 12.3. The molecular formula is C5H8F2O6P2. The normalized spacial score (nSPS) is 16.8. The first kappa shape index (κ1) is 14.7. The molecule has 0 aromatic rings. The maximum atomic E-state index is 12.7. The molecule has 0 aliphatic heterocycles. The fraction of sp³-hybridized carbons (Fsp3) is 0.600. The van der Waals surface area contributed by atoms with Crippen LogP contribution in [-0.2, 0) is 13.7 Å². The number of alkyl halides is 2. The first-order valence-corrected chi connectivity index (χ1v) is 6.59. The molecule has 0 aliphatic carbocycles. The lowest BCUT2D eigenvalue weighted by Gasteiger charge is -2.21. The first-order chi connectivity index (χ1) is 6.56. The summed E-state index contributed by atoms with van der Waals surface area (Å²) in [6, 6.07) is 0. The van der Waals surface area contributed by atoms with Gasteiger partial charge in [0.2, 0.25) is 0 Å². The predicted octanol–water partition coefficient (Wildman–Crippen LogP) is 0.940. The Morgan fingerprint density at radius 1 is 1.33 bits per heavy atom. The molecule has 1 unspecified atom stereocenters. The highest BCUT2D eigenvalue weighted by Gasteiger charge is 2.64. The fourth-order valence-corrected chi connectivity index (χ4v) is 2.45. The number of terminal acetylenes is 1. The Hall–Kier alpha value is -0.280. The lowest BCUT2D eigenvalue weighted by Crippen LogP contribution is -2.18. The van der Waals surface area contributed by atoms with E-state index in [2.05, 4.69) is 4.52 Å². The summed E-state index contributed by atoms with van der Waals surface area (Å²) in [6.07, 6.45) is 4.48. The van der Waals surface area contributed by atoms with Crippen molar-refractivity contribution in [3.63, 3.8) is 0 Å². The molecule has 0 saturated carbocycles. The molecule has 0 bridgehead atoms. The molecule has 0 aromatic carbocycles. The van der Waals surface area contributed by atoms with Crippen LogP contribution in [-0.4, -0.2) is 26.7 Å². The van der Waals surface area contributed by atoms with Gasteiger partial charge in [-0.05, 0) is 0 Å². The molecule has 0 fully saturated rings. The van der Waals surface area contributed by atoms with E-state index in [1.54, 1.807) is 0 Å². The third-order valence-electron chi connectivity index (χ3n) is 1.20. The predicted molar refractivity (Wildman–Crippen MR) is 46.2 cm³/mol. The topological polar surface area (TPSA) is 104 Å². The van der Waals surface area contributed by atoms with Crippen LogP contribution in [0.4, 0.5) is 8.78 Å². The van der Waals surface area contributed by atoms with Crippen LogP contribution in [0.1, 0.15) is 6.42 Å². The SMILES string of the molecule is C#CCCOP(=O)(O)C(F)(F)P(=O)(O)O. The van der Waals surface area contributed by atoms with Gasteiger partial charge in [0.05, 0.1) is 6.61 Å². The van der Waals surface area contributed by atoms with Crippen LogP contribution in [0.5, 0.6) is 0 Å². The highest BCUT2D eigenvalue weighted by molar-refractivity contribution is 7.72. The van der Waals surface area contributed by atoms with Crippen molar-refractivity contribution in [2.24, 2.45) is 0 Å². The minimum atomic E-state index is -6.06. The third-order valence-corrected chi connectivity index (χ3v) is 4.66. The van der Waals surface area contributed by atoms with Crippen LogP contribution < -0.4 is 0 Å². The van der Waals surface area contributed by atoms with Crippen LogP contribution in [0.25, 0.3) is 0 Å². The Kier molecular flexibility index (Phi) is 4.62. The summed E-state index contributed by atoms with van der Waals surface area (Å²) in [6.45, 7) is -0.695. The Labute approximate surface area is 84.0 Å². The number of rotatable bonds is 5. The molecule has 0 saturated heterocycles. The van der Waals surface area contributed by atoms with Gasteiger partial charge in [-0.3, -0.25) is 9.13 Å². The van der Waals surface area contributed by atoms with E-state index >= 15 is 0 Å². The summed E-state index contributed by atoms with van der Waals surface area (Å²) in [5.74, 6) is 1.93. The Morgan fingerprint density at radius 2 is 1.80 bits per heavy atom. The van der Waals surface area contributed by atoms with E-state index in [1.807, 2.05) is 5.92 Å². The van der Waals surface area contributed by atoms with Gasteiger partial charge in [0.25, 0.3) is 0 Å². The van der Waals surface area contributed by atoms with Gasteiger partial charge in [-0.25, -0.2) is 0 Å². The van der Waals surface area contributed by atoms with Crippen molar-refractivity contribution in [1.82, 2.24) is 0 Å². The highest BCUT2D eigenvalue weighted by Crippen LogP contribution is 2.73. The van der Waals surface area contributed by atoms with Gasteiger partial charge in [-0.1, -0.05) is 0 Å². The van der Waals surface area contributed by atoms with E-state index in [4.69, 9.17) is 21.1 Å². The molecular weight excluding hydrogens is 256 g/mol. The lowest BCUT2D eigenvalue weighted by atomic mass is 10.5. The number of hydrogen-bond acceptors (Lipinski definition) is 3. The largest absolute Gasteiger partial charge is 0.443 e. The van der Waals surface area contributed by atoms with Crippen LogP contribution >= 0.6 is 15.2 Å². The summed E-state index contributed by atoms with van der Waals surface area (Å²) in [5, 5.41) is -5.13. The van der Waals surface area contributed by atoms with Crippen molar-refractivity contribution in [3.8, 4) is 12.3 Å². The minimum Gasteiger partial charge on any atom is -0.320 e. The van der Waals surface area contributed by atoms with Gasteiger partial charge < -0.3 is 19.2 Å². The molecule has 0 spiro atoms. The summed E-state index contributed by atoms with van der Waals surface area (Å²) >= 11 is 0. The quantitative estimate of drug-likeness (QED) is 0.388. The van der Waals surface area contributed by atoms with Crippen LogP contribution in [0.2, 0.25) is 0 Å². The molecule has 0 rings (SSSR count). The standard InChI is InChI=1S/C5H8F2O6P2/c1-2-3-4-13-15(11,12)5(6,7)14(8,9)10/h1H,3-4H2,(H,11,12)(H2,8,9,10). The molecule has 1 atom stereocenters. The molecule has 0 aliphatic rings. The average Bonchev–Trinajstić information content (AvgIpc) is 2.02. The van der Waals surface area contributed by atoms with Crippen molar-refractivity contribution in [3.05, 3.63) is 0 Å². The second-order valence-corrected chi connectivity index (χ2v) is 6.22. The maximum absolute atomic E-state index is 12.7. The maximum Gasteiger partial charge on any atom is 0.443 e. The molecule has 0 aromatic heterocycles. The molecule has 0 amide bonds. The first-order valence-electron chi connectivity index (χ1n) is 3.40. The highest BCUT2D eigenvalue weighted by atomic mass is 31.2. The van der Waals surface area contributed by atoms with Crippen molar-refractivity contribution >= 4 is 15.2 Å². The van der Waals surface area contributed by atoms with Crippen molar-refractivity contribution in [1.29, 1.82) is 0 Å². The third kappa shape index (κ3) is 3.35. The molecule has 0 radical (unpaired) electrons. The zero-order valence-corrected chi connectivity index (χ0v) is 9.00. The van der Waals surface area contributed by atoms with Gasteiger partial charge in [0.1, 0.15) is 0 Å². The molecule has 88 valence electrons. The van der Waals surface area contributed by atoms with Gasteiger partial charge in [-0.2, -0.15) is 8.78 Å². The van der Waals surface area contributed by atoms with Gasteiger partial charge >= 0.3 is 20.6 Å². The van der Waals surface area contributed by atoms with Crippen molar-refractivity contribution < 1.29 is 37.1 Å².